The minimum Gasteiger partial charge on any atom is -0.382 e. The van der Waals surface area contributed by atoms with E-state index in [-0.39, 0.29) is 45.1 Å². The van der Waals surface area contributed by atoms with Gasteiger partial charge in [0.05, 0.1) is 76.0 Å². The maximum absolute atomic E-state index is 13.7. The molecule has 11 nitrogen and oxygen atoms in total. The Morgan fingerprint density at radius 3 is 2.44 bits per heavy atom. The van der Waals surface area contributed by atoms with E-state index < -0.39 is 17.7 Å². The standard InChI is InChI=1S/C26H33F3N4O7S/c1-25(2)12-18-17(14-40-25)16(19-20-21(41-23(19)32-18)22(34)31-15-30-20)13-33(24(35)26(27,28)29)4-5-37-8-9-39-11-10-38-7-6-36-3/h15H,4-14H2,1-3H3,(H,30,31,34). The summed E-state index contributed by atoms with van der Waals surface area (Å²) in [6, 6.07) is 0. The van der Waals surface area contributed by atoms with Crippen LogP contribution in [0, 0.1) is 0 Å². The average molecular weight is 603 g/mol. The largest absolute Gasteiger partial charge is 0.471 e. The first-order valence-electron chi connectivity index (χ1n) is 13.0. The molecule has 1 N–H and O–H groups in total. The van der Waals surface area contributed by atoms with Gasteiger partial charge in [0.25, 0.3) is 5.56 Å². The van der Waals surface area contributed by atoms with Crippen molar-refractivity contribution in [2.24, 2.45) is 0 Å². The van der Waals surface area contributed by atoms with Gasteiger partial charge in [-0.1, -0.05) is 0 Å². The maximum Gasteiger partial charge on any atom is 0.471 e. The Morgan fingerprint density at radius 1 is 1.12 bits per heavy atom. The summed E-state index contributed by atoms with van der Waals surface area (Å²) in [4.78, 5) is 37.7. The molecule has 0 radical (unpaired) electrons. The topological polar surface area (TPSA) is 125 Å². The van der Waals surface area contributed by atoms with E-state index >= 15 is 0 Å². The first kappa shape index (κ1) is 31.3. The fourth-order valence-electron chi connectivity index (χ4n) is 4.47. The lowest BCUT2D eigenvalue weighted by molar-refractivity contribution is -0.186. The number of carbonyl (C=O) groups excluding carboxylic acids is 1. The number of nitrogens with one attached hydrogen (secondary N) is 1. The molecule has 1 amide bonds. The number of nitrogens with zero attached hydrogens (tertiary/aromatic N) is 3. The number of rotatable bonds is 14. The number of carbonyl (C=O) groups is 1. The molecule has 0 atom stereocenters. The summed E-state index contributed by atoms with van der Waals surface area (Å²) >= 11 is 1.12. The summed E-state index contributed by atoms with van der Waals surface area (Å²) in [5.74, 6) is -1.99. The van der Waals surface area contributed by atoms with Crippen molar-refractivity contribution in [2.75, 3.05) is 59.9 Å². The van der Waals surface area contributed by atoms with Gasteiger partial charge in [0.15, 0.2) is 0 Å². The quantitative estimate of drug-likeness (QED) is 0.277. The van der Waals surface area contributed by atoms with Gasteiger partial charge in [-0.05, 0) is 19.4 Å². The van der Waals surface area contributed by atoms with Gasteiger partial charge in [-0.3, -0.25) is 9.59 Å². The van der Waals surface area contributed by atoms with Crippen LogP contribution in [0.1, 0.15) is 30.7 Å². The van der Waals surface area contributed by atoms with Crippen LogP contribution in [0.5, 0.6) is 0 Å². The second-order valence-electron chi connectivity index (χ2n) is 9.99. The molecule has 0 aliphatic carbocycles. The molecule has 0 bridgehead atoms. The van der Waals surface area contributed by atoms with Gasteiger partial charge in [0.2, 0.25) is 0 Å². The van der Waals surface area contributed by atoms with Crippen LogP contribution in [-0.4, -0.2) is 97.4 Å². The SMILES string of the molecule is COCCOCCOCCOCCN(Cc1c2c(nc3sc4c(=O)[nH]cnc4c13)CC(C)(C)OC2)C(=O)C(F)(F)F. The minimum atomic E-state index is -5.09. The predicted molar refractivity (Wildman–Crippen MR) is 144 cm³/mol. The Balaban J connectivity index is 1.54. The number of halogens is 3. The Bertz CT molecular complexity index is 1410. The van der Waals surface area contributed by atoms with Crippen LogP contribution in [0.25, 0.3) is 20.4 Å². The molecule has 15 heteroatoms. The highest BCUT2D eigenvalue weighted by Gasteiger charge is 2.43. The van der Waals surface area contributed by atoms with E-state index in [2.05, 4.69) is 9.97 Å². The molecule has 226 valence electrons. The highest BCUT2D eigenvalue weighted by atomic mass is 32.1. The molecule has 0 saturated carbocycles. The van der Waals surface area contributed by atoms with E-state index in [0.29, 0.717) is 75.0 Å². The molecule has 0 saturated heterocycles. The number of pyridine rings is 1. The van der Waals surface area contributed by atoms with Gasteiger partial charge in [0, 0.05) is 37.6 Å². The normalized spacial score (nSPS) is 15.0. The smallest absolute Gasteiger partial charge is 0.382 e. The van der Waals surface area contributed by atoms with Crippen molar-refractivity contribution in [2.45, 2.75) is 45.2 Å². The number of methoxy groups -OCH3 is 1. The van der Waals surface area contributed by atoms with E-state index in [0.717, 1.165) is 11.3 Å². The molecule has 3 aromatic rings. The third-order valence-electron chi connectivity index (χ3n) is 6.47. The Morgan fingerprint density at radius 2 is 1.78 bits per heavy atom. The van der Waals surface area contributed by atoms with Crippen molar-refractivity contribution in [3.05, 3.63) is 33.5 Å². The zero-order valence-electron chi connectivity index (χ0n) is 23.1. The molecule has 1 aliphatic heterocycles. The number of hydrogen-bond donors (Lipinski definition) is 1. The number of aromatic nitrogens is 3. The number of ether oxygens (including phenoxy) is 5. The van der Waals surface area contributed by atoms with Crippen LogP contribution < -0.4 is 5.56 Å². The van der Waals surface area contributed by atoms with Crippen molar-refractivity contribution >= 4 is 37.7 Å². The fourth-order valence-corrected chi connectivity index (χ4v) is 5.54. The number of hydrogen-bond acceptors (Lipinski definition) is 10. The molecule has 1 aliphatic rings. The van der Waals surface area contributed by atoms with Crippen molar-refractivity contribution in [3.63, 3.8) is 0 Å². The van der Waals surface area contributed by atoms with Crippen LogP contribution >= 0.6 is 11.3 Å². The first-order chi connectivity index (χ1) is 19.5. The Labute approximate surface area is 237 Å². The van der Waals surface area contributed by atoms with Gasteiger partial charge >= 0.3 is 12.1 Å². The molecule has 4 heterocycles. The molecule has 0 aromatic carbocycles. The van der Waals surface area contributed by atoms with Crippen LogP contribution in [-0.2, 0) is 48.1 Å². The zero-order valence-corrected chi connectivity index (χ0v) is 23.9. The van der Waals surface area contributed by atoms with Gasteiger partial charge in [-0.15, -0.1) is 11.3 Å². The van der Waals surface area contributed by atoms with Crippen molar-refractivity contribution in [1.82, 2.24) is 19.9 Å². The summed E-state index contributed by atoms with van der Waals surface area (Å²) in [7, 11) is 1.57. The maximum atomic E-state index is 13.7. The van der Waals surface area contributed by atoms with Crippen LogP contribution in [0.15, 0.2) is 11.1 Å². The Hall–Kier alpha value is -2.69. The lowest BCUT2D eigenvalue weighted by Gasteiger charge is -2.33. The number of fused-ring (bicyclic) bond motifs is 4. The van der Waals surface area contributed by atoms with Crippen molar-refractivity contribution in [1.29, 1.82) is 0 Å². The molecule has 3 aromatic heterocycles. The van der Waals surface area contributed by atoms with Crippen LogP contribution in [0.4, 0.5) is 13.2 Å². The second kappa shape index (κ2) is 13.5. The van der Waals surface area contributed by atoms with Crippen LogP contribution in [0.2, 0.25) is 0 Å². The number of amides is 1. The number of aromatic amines is 1. The number of alkyl halides is 3. The summed E-state index contributed by atoms with van der Waals surface area (Å²) < 4.78 is 68.3. The van der Waals surface area contributed by atoms with E-state index in [1.54, 1.807) is 7.11 Å². The van der Waals surface area contributed by atoms with Crippen LogP contribution in [0.3, 0.4) is 0 Å². The van der Waals surface area contributed by atoms with E-state index in [9.17, 15) is 22.8 Å². The third kappa shape index (κ3) is 7.78. The summed E-state index contributed by atoms with van der Waals surface area (Å²) in [6.45, 7) is 5.02. The fraction of sp³-hybridized carbons (Fsp3) is 0.615. The number of thiophene rings is 1. The molecule has 0 unspecified atom stereocenters. The predicted octanol–water partition coefficient (Wildman–Crippen LogP) is 2.97. The highest BCUT2D eigenvalue weighted by Crippen LogP contribution is 2.39. The van der Waals surface area contributed by atoms with E-state index in [1.165, 1.54) is 6.33 Å². The molecule has 0 spiro atoms. The minimum absolute atomic E-state index is 0.0954. The molecular formula is C26H33F3N4O7S. The van der Waals surface area contributed by atoms with Crippen molar-refractivity contribution < 1.29 is 41.7 Å². The van der Waals surface area contributed by atoms with E-state index in [4.69, 9.17) is 28.7 Å². The average Bonchev–Trinajstić information content (AvgIpc) is 3.28. The molecular weight excluding hydrogens is 569 g/mol. The number of H-pyrrole nitrogens is 1. The van der Waals surface area contributed by atoms with Gasteiger partial charge in [-0.25, -0.2) is 9.97 Å². The zero-order chi connectivity index (χ0) is 29.6. The molecule has 0 fully saturated rings. The molecule has 4 rings (SSSR count). The first-order valence-corrected chi connectivity index (χ1v) is 13.9. The summed E-state index contributed by atoms with van der Waals surface area (Å²) in [5.41, 5.74) is 1.09. The summed E-state index contributed by atoms with van der Waals surface area (Å²) in [6.07, 6.45) is -3.44. The highest BCUT2D eigenvalue weighted by molar-refractivity contribution is 7.25. The third-order valence-corrected chi connectivity index (χ3v) is 7.54. The van der Waals surface area contributed by atoms with Crippen molar-refractivity contribution in [3.8, 4) is 0 Å². The molecule has 41 heavy (non-hydrogen) atoms. The van der Waals surface area contributed by atoms with Gasteiger partial charge in [0.1, 0.15) is 9.53 Å². The van der Waals surface area contributed by atoms with Gasteiger partial charge in [-0.2, -0.15) is 13.2 Å². The van der Waals surface area contributed by atoms with Gasteiger partial charge < -0.3 is 33.6 Å². The lowest BCUT2D eigenvalue weighted by Crippen LogP contribution is -2.43. The lowest BCUT2D eigenvalue weighted by atomic mass is 9.92. The second-order valence-corrected chi connectivity index (χ2v) is 11.0. The summed E-state index contributed by atoms with van der Waals surface area (Å²) in [5, 5.41) is 0.445. The van der Waals surface area contributed by atoms with E-state index in [1.807, 2.05) is 13.8 Å². The monoisotopic (exact) mass is 602 g/mol. The Kier molecular flexibility index (Phi) is 10.3.